The molecule has 2 aromatic carbocycles. The fourth-order valence-electron chi connectivity index (χ4n) is 2.41. The molecule has 1 unspecified atom stereocenters. The Morgan fingerprint density at radius 1 is 1.19 bits per heavy atom. The first-order chi connectivity index (χ1) is 10.2. The van der Waals surface area contributed by atoms with Crippen LogP contribution in [0.1, 0.15) is 30.0 Å². The highest BCUT2D eigenvalue weighted by molar-refractivity contribution is 9.10. The molecule has 1 aliphatic rings. The average molecular weight is 350 g/mol. The van der Waals surface area contributed by atoms with Crippen molar-refractivity contribution in [2.24, 2.45) is 0 Å². The first-order valence-electron chi connectivity index (χ1n) is 7.05. The van der Waals surface area contributed by atoms with E-state index >= 15 is 0 Å². The summed E-state index contributed by atoms with van der Waals surface area (Å²) in [5.41, 5.74) is 1.95. The number of ether oxygens (including phenoxy) is 1. The Kier molecular flexibility index (Phi) is 4.27. The first-order valence-corrected chi connectivity index (χ1v) is 7.85. The SMILES string of the molecule is CNC(c1cc(F)cc(Br)c1)c1cccc(OC2CC2)c1. The maximum Gasteiger partial charge on any atom is 0.124 e. The van der Waals surface area contributed by atoms with Gasteiger partial charge in [-0.25, -0.2) is 4.39 Å². The van der Waals surface area contributed by atoms with Gasteiger partial charge in [-0.3, -0.25) is 0 Å². The van der Waals surface area contributed by atoms with Crippen molar-refractivity contribution in [2.75, 3.05) is 7.05 Å². The molecule has 2 aromatic rings. The largest absolute Gasteiger partial charge is 0.490 e. The molecular formula is C17H17BrFNO. The lowest BCUT2D eigenvalue weighted by Crippen LogP contribution is -2.18. The van der Waals surface area contributed by atoms with Crippen molar-refractivity contribution < 1.29 is 9.13 Å². The number of hydrogen-bond acceptors (Lipinski definition) is 2. The molecule has 0 saturated heterocycles. The number of halogens is 2. The molecule has 1 N–H and O–H groups in total. The second-order valence-electron chi connectivity index (χ2n) is 5.31. The van der Waals surface area contributed by atoms with Crippen LogP contribution in [0.15, 0.2) is 46.9 Å². The van der Waals surface area contributed by atoms with Crippen LogP contribution in [0, 0.1) is 5.82 Å². The first kappa shape index (κ1) is 14.5. The summed E-state index contributed by atoms with van der Waals surface area (Å²) in [4.78, 5) is 0. The molecule has 2 nitrogen and oxygen atoms in total. The van der Waals surface area contributed by atoms with E-state index in [0.29, 0.717) is 6.10 Å². The molecule has 0 amide bonds. The summed E-state index contributed by atoms with van der Waals surface area (Å²) < 4.78 is 20.2. The van der Waals surface area contributed by atoms with Gasteiger partial charge in [0.25, 0.3) is 0 Å². The minimum Gasteiger partial charge on any atom is -0.490 e. The van der Waals surface area contributed by atoms with E-state index in [0.717, 1.165) is 34.2 Å². The molecule has 1 saturated carbocycles. The van der Waals surface area contributed by atoms with Crippen molar-refractivity contribution in [3.63, 3.8) is 0 Å². The zero-order valence-electron chi connectivity index (χ0n) is 11.8. The molecule has 0 spiro atoms. The van der Waals surface area contributed by atoms with Crippen molar-refractivity contribution in [1.29, 1.82) is 0 Å². The quantitative estimate of drug-likeness (QED) is 0.861. The minimum absolute atomic E-state index is 0.0697. The normalized spacial score (nSPS) is 15.8. The summed E-state index contributed by atoms with van der Waals surface area (Å²) >= 11 is 3.35. The number of benzene rings is 2. The topological polar surface area (TPSA) is 21.3 Å². The monoisotopic (exact) mass is 349 g/mol. The Balaban J connectivity index is 1.91. The maximum atomic E-state index is 13.6. The molecule has 21 heavy (non-hydrogen) atoms. The summed E-state index contributed by atoms with van der Waals surface area (Å²) in [5, 5.41) is 3.24. The van der Waals surface area contributed by atoms with Crippen molar-refractivity contribution in [2.45, 2.75) is 25.0 Å². The molecule has 1 aliphatic carbocycles. The van der Waals surface area contributed by atoms with Crippen LogP contribution in [0.3, 0.4) is 0 Å². The Hall–Kier alpha value is -1.39. The van der Waals surface area contributed by atoms with Crippen LogP contribution in [0.25, 0.3) is 0 Å². The zero-order chi connectivity index (χ0) is 14.8. The lowest BCUT2D eigenvalue weighted by Gasteiger charge is -2.18. The van der Waals surface area contributed by atoms with Gasteiger partial charge in [-0.1, -0.05) is 28.1 Å². The van der Waals surface area contributed by atoms with Crippen molar-refractivity contribution in [3.8, 4) is 5.75 Å². The summed E-state index contributed by atoms with van der Waals surface area (Å²) in [6, 6.07) is 12.9. The van der Waals surface area contributed by atoms with Gasteiger partial charge in [0.15, 0.2) is 0 Å². The highest BCUT2D eigenvalue weighted by atomic mass is 79.9. The number of hydrogen-bond donors (Lipinski definition) is 1. The highest BCUT2D eigenvalue weighted by Gasteiger charge is 2.24. The lowest BCUT2D eigenvalue weighted by molar-refractivity contribution is 0.302. The lowest BCUT2D eigenvalue weighted by atomic mass is 9.98. The average Bonchev–Trinajstić information content (AvgIpc) is 3.23. The van der Waals surface area contributed by atoms with E-state index in [4.69, 9.17) is 4.74 Å². The summed E-state index contributed by atoms with van der Waals surface area (Å²) in [6.07, 6.45) is 2.64. The van der Waals surface area contributed by atoms with Crippen LogP contribution < -0.4 is 10.1 Å². The molecule has 0 bridgehead atoms. The smallest absolute Gasteiger partial charge is 0.124 e. The maximum absolute atomic E-state index is 13.6. The Morgan fingerprint density at radius 3 is 2.67 bits per heavy atom. The van der Waals surface area contributed by atoms with Gasteiger partial charge >= 0.3 is 0 Å². The van der Waals surface area contributed by atoms with Gasteiger partial charge in [0.1, 0.15) is 11.6 Å². The molecule has 0 heterocycles. The van der Waals surface area contributed by atoms with Gasteiger partial charge in [-0.2, -0.15) is 0 Å². The molecule has 0 radical (unpaired) electrons. The predicted molar refractivity (Wildman–Crippen MR) is 85.1 cm³/mol. The van der Waals surface area contributed by atoms with Gasteiger partial charge in [0, 0.05) is 4.47 Å². The van der Waals surface area contributed by atoms with Crippen molar-refractivity contribution >= 4 is 15.9 Å². The Labute approximate surface area is 132 Å². The van der Waals surface area contributed by atoms with Gasteiger partial charge in [0.2, 0.25) is 0 Å². The van der Waals surface area contributed by atoms with E-state index in [1.54, 1.807) is 6.07 Å². The number of nitrogens with one attached hydrogen (secondary N) is 1. The highest BCUT2D eigenvalue weighted by Crippen LogP contribution is 2.31. The summed E-state index contributed by atoms with van der Waals surface area (Å²) in [5.74, 6) is 0.635. The van der Waals surface area contributed by atoms with Gasteiger partial charge < -0.3 is 10.1 Å². The summed E-state index contributed by atoms with van der Waals surface area (Å²) in [7, 11) is 1.87. The van der Waals surface area contributed by atoms with E-state index in [1.807, 2.05) is 37.4 Å². The van der Waals surface area contributed by atoms with Gasteiger partial charge in [-0.15, -0.1) is 0 Å². The molecular weight excluding hydrogens is 333 g/mol. The fraction of sp³-hybridized carbons (Fsp3) is 0.294. The Bertz CT molecular complexity index is 622. The van der Waals surface area contributed by atoms with E-state index in [9.17, 15) is 4.39 Å². The molecule has 4 heteroatoms. The van der Waals surface area contributed by atoms with Crippen LogP contribution in [0.4, 0.5) is 4.39 Å². The van der Waals surface area contributed by atoms with E-state index in [1.165, 1.54) is 6.07 Å². The van der Waals surface area contributed by atoms with E-state index < -0.39 is 0 Å². The molecule has 110 valence electrons. The molecule has 0 aliphatic heterocycles. The minimum atomic E-state index is -0.245. The van der Waals surface area contributed by atoms with Crippen LogP contribution in [-0.4, -0.2) is 13.2 Å². The number of rotatable bonds is 5. The third-order valence-electron chi connectivity index (χ3n) is 3.53. The predicted octanol–water partition coefficient (Wildman–Crippen LogP) is 4.44. The zero-order valence-corrected chi connectivity index (χ0v) is 13.4. The molecule has 1 atom stereocenters. The molecule has 1 fully saturated rings. The van der Waals surface area contributed by atoms with Gasteiger partial charge in [-0.05, 0) is 61.3 Å². The van der Waals surface area contributed by atoms with Crippen LogP contribution in [0.2, 0.25) is 0 Å². The molecule has 3 rings (SSSR count). The standard InChI is InChI=1S/C17H17BrFNO/c1-20-17(12-7-13(18)10-14(19)8-12)11-3-2-4-16(9-11)21-15-5-6-15/h2-4,7-10,15,17,20H,5-6H2,1H3. The second kappa shape index (κ2) is 6.16. The van der Waals surface area contributed by atoms with E-state index in [2.05, 4.69) is 21.2 Å². The second-order valence-corrected chi connectivity index (χ2v) is 6.23. The van der Waals surface area contributed by atoms with Crippen molar-refractivity contribution in [3.05, 3.63) is 63.9 Å². The molecule has 0 aromatic heterocycles. The summed E-state index contributed by atoms with van der Waals surface area (Å²) in [6.45, 7) is 0. The van der Waals surface area contributed by atoms with Crippen LogP contribution in [0.5, 0.6) is 5.75 Å². The van der Waals surface area contributed by atoms with Gasteiger partial charge in [0.05, 0.1) is 12.1 Å². The van der Waals surface area contributed by atoms with Crippen LogP contribution >= 0.6 is 15.9 Å². The third kappa shape index (κ3) is 3.63. The van der Waals surface area contributed by atoms with E-state index in [-0.39, 0.29) is 11.9 Å². The fourth-order valence-corrected chi connectivity index (χ4v) is 2.90. The third-order valence-corrected chi connectivity index (χ3v) is 3.98. The van der Waals surface area contributed by atoms with Crippen molar-refractivity contribution in [1.82, 2.24) is 5.32 Å². The van der Waals surface area contributed by atoms with Crippen LogP contribution in [-0.2, 0) is 0 Å². The Morgan fingerprint density at radius 2 is 2.00 bits per heavy atom.